The molecule has 2 rings (SSSR count). The molecule has 2 aromatic rings. The first-order chi connectivity index (χ1) is 15.2. The number of carbonyl (C=O) groups is 3. The van der Waals surface area contributed by atoms with E-state index in [0.717, 1.165) is 17.7 Å². The molecule has 0 radical (unpaired) electrons. The Bertz CT molecular complexity index is 1090. The van der Waals surface area contributed by atoms with Gasteiger partial charge in [-0.25, -0.2) is 9.59 Å². The van der Waals surface area contributed by atoms with Crippen molar-refractivity contribution in [2.45, 2.75) is 32.7 Å². The van der Waals surface area contributed by atoms with E-state index in [2.05, 4.69) is 17.2 Å². The predicted octanol–water partition coefficient (Wildman–Crippen LogP) is 3.73. The molecule has 168 valence electrons. The van der Waals surface area contributed by atoms with Crippen LogP contribution in [0, 0.1) is 11.8 Å². The summed E-state index contributed by atoms with van der Waals surface area (Å²) in [6.45, 7) is 3.73. The van der Waals surface area contributed by atoms with E-state index < -0.39 is 41.5 Å². The van der Waals surface area contributed by atoms with Gasteiger partial charge in [-0.2, -0.15) is 8.78 Å². The van der Waals surface area contributed by atoms with Gasteiger partial charge in [0.25, 0.3) is 6.08 Å². The number of fused-ring (bicyclic) bond motifs is 1. The Hall–Kier alpha value is -3.73. The summed E-state index contributed by atoms with van der Waals surface area (Å²) in [5.41, 5.74) is -2.81. The molecule has 0 aliphatic heterocycles. The van der Waals surface area contributed by atoms with Gasteiger partial charge in [0.05, 0.1) is 18.8 Å². The van der Waals surface area contributed by atoms with E-state index in [9.17, 15) is 23.2 Å². The van der Waals surface area contributed by atoms with Crippen molar-refractivity contribution in [3.8, 4) is 11.8 Å². The molecule has 1 amide bonds. The second-order valence-electron chi connectivity index (χ2n) is 6.72. The zero-order chi connectivity index (χ0) is 23.7. The minimum Gasteiger partial charge on any atom is -0.464 e. The van der Waals surface area contributed by atoms with Crippen molar-refractivity contribution < 1.29 is 32.6 Å². The maximum Gasteiger partial charge on any atom is 0.344 e. The average Bonchev–Trinajstić information content (AvgIpc) is 2.75. The molecule has 0 bridgehead atoms. The molecule has 8 heteroatoms. The molecule has 0 aliphatic carbocycles. The Morgan fingerprint density at radius 2 is 1.56 bits per heavy atom. The third kappa shape index (κ3) is 5.70. The Labute approximate surface area is 184 Å². The van der Waals surface area contributed by atoms with Crippen molar-refractivity contribution >= 4 is 28.6 Å². The molecule has 0 aliphatic rings. The first-order valence-corrected chi connectivity index (χ1v) is 9.92. The number of hydrogen-bond donors (Lipinski definition) is 1. The van der Waals surface area contributed by atoms with Crippen LogP contribution in [0.5, 0.6) is 0 Å². The molecule has 32 heavy (non-hydrogen) atoms. The zero-order valence-electron chi connectivity index (χ0n) is 18.0. The normalized spacial score (nSPS) is 10.5. The summed E-state index contributed by atoms with van der Waals surface area (Å²) in [5, 5.41) is 3.78. The highest BCUT2D eigenvalue weighted by atomic mass is 19.3. The van der Waals surface area contributed by atoms with Crippen LogP contribution in [-0.4, -0.2) is 36.6 Å². The fourth-order valence-corrected chi connectivity index (χ4v) is 3.08. The van der Waals surface area contributed by atoms with Crippen molar-refractivity contribution in [3.63, 3.8) is 0 Å². The summed E-state index contributed by atoms with van der Waals surface area (Å²) in [7, 11) is 0. The van der Waals surface area contributed by atoms with Gasteiger partial charge in [-0.15, -0.1) is 0 Å². The summed E-state index contributed by atoms with van der Waals surface area (Å²) in [6, 6.07) is 12.6. The van der Waals surface area contributed by atoms with E-state index in [1.807, 2.05) is 18.2 Å². The van der Waals surface area contributed by atoms with Gasteiger partial charge in [-0.1, -0.05) is 48.2 Å². The second kappa shape index (κ2) is 11.0. The second-order valence-corrected chi connectivity index (χ2v) is 6.72. The summed E-state index contributed by atoms with van der Waals surface area (Å²) in [5.74, 6) is 1.83. The lowest BCUT2D eigenvalue weighted by Gasteiger charge is -2.29. The number of hydrogen-bond acceptors (Lipinski definition) is 5. The van der Waals surface area contributed by atoms with Crippen LogP contribution in [0.1, 0.15) is 32.8 Å². The number of nitrogens with one attached hydrogen (secondary N) is 1. The predicted molar refractivity (Wildman–Crippen MR) is 114 cm³/mol. The van der Waals surface area contributed by atoms with Crippen LogP contribution in [0.25, 0.3) is 10.8 Å². The van der Waals surface area contributed by atoms with Crippen molar-refractivity contribution in [1.82, 2.24) is 5.32 Å². The number of carbonyl (C=O) groups excluding carboxylic acids is 3. The average molecular weight is 443 g/mol. The molecular formula is C24H23F2NO5. The van der Waals surface area contributed by atoms with Crippen molar-refractivity contribution in [1.29, 1.82) is 0 Å². The van der Waals surface area contributed by atoms with E-state index in [1.54, 1.807) is 24.3 Å². The van der Waals surface area contributed by atoms with Gasteiger partial charge < -0.3 is 14.8 Å². The zero-order valence-corrected chi connectivity index (χ0v) is 18.0. The van der Waals surface area contributed by atoms with Crippen LogP contribution >= 0.6 is 0 Å². The van der Waals surface area contributed by atoms with Crippen LogP contribution in [0.15, 0.2) is 54.1 Å². The molecule has 0 heterocycles. The molecule has 0 atom stereocenters. The third-order valence-electron chi connectivity index (χ3n) is 4.44. The number of amides is 1. The van der Waals surface area contributed by atoms with Crippen molar-refractivity contribution in [3.05, 3.63) is 59.7 Å². The van der Waals surface area contributed by atoms with Gasteiger partial charge >= 0.3 is 11.9 Å². The quantitative estimate of drug-likeness (QED) is 0.401. The SMILES string of the molecule is CCOC(=O)C(CC(C#Cc1cccc2ccccc12)=C(F)F)(NC(C)=O)C(=O)OCC. The fraction of sp³-hybridized carbons (Fsp3) is 0.292. The molecule has 1 N–H and O–H groups in total. The molecule has 0 spiro atoms. The van der Waals surface area contributed by atoms with Crippen LogP contribution in [0.2, 0.25) is 0 Å². The number of ether oxygens (including phenoxy) is 2. The van der Waals surface area contributed by atoms with Gasteiger partial charge in [0, 0.05) is 18.9 Å². The maximum atomic E-state index is 13.8. The Morgan fingerprint density at radius 3 is 2.12 bits per heavy atom. The smallest absolute Gasteiger partial charge is 0.344 e. The fourth-order valence-electron chi connectivity index (χ4n) is 3.08. The summed E-state index contributed by atoms with van der Waals surface area (Å²) >= 11 is 0. The number of rotatable bonds is 7. The molecule has 0 unspecified atom stereocenters. The molecule has 0 aromatic heterocycles. The van der Waals surface area contributed by atoms with Crippen molar-refractivity contribution in [2.24, 2.45) is 0 Å². The first-order valence-electron chi connectivity index (χ1n) is 9.92. The highest BCUT2D eigenvalue weighted by Crippen LogP contribution is 2.25. The number of halogens is 2. The van der Waals surface area contributed by atoms with Gasteiger partial charge in [0.1, 0.15) is 0 Å². The Balaban J connectivity index is 2.57. The summed E-state index contributed by atoms with van der Waals surface area (Å²) < 4.78 is 37.5. The van der Waals surface area contributed by atoms with Gasteiger partial charge in [-0.3, -0.25) is 4.79 Å². The standard InChI is InChI=1S/C24H23F2NO5/c1-4-31-22(29)24(27-16(3)28,23(30)32-5-2)15-19(21(25)26)14-13-18-11-8-10-17-9-6-7-12-20(17)18/h6-12H,4-5,15H2,1-3H3,(H,27,28). The van der Waals surface area contributed by atoms with E-state index in [4.69, 9.17) is 9.47 Å². The molecule has 0 saturated heterocycles. The number of benzene rings is 2. The maximum absolute atomic E-state index is 13.8. The van der Waals surface area contributed by atoms with Gasteiger partial charge in [0.2, 0.25) is 11.4 Å². The summed E-state index contributed by atoms with van der Waals surface area (Å²) in [6.07, 6.45) is -3.12. The largest absolute Gasteiger partial charge is 0.464 e. The third-order valence-corrected chi connectivity index (χ3v) is 4.44. The van der Waals surface area contributed by atoms with Crippen LogP contribution in [0.4, 0.5) is 8.78 Å². The van der Waals surface area contributed by atoms with Gasteiger partial charge in [0.15, 0.2) is 0 Å². The molecule has 0 saturated carbocycles. The van der Waals surface area contributed by atoms with E-state index in [0.29, 0.717) is 5.56 Å². The van der Waals surface area contributed by atoms with Crippen LogP contribution < -0.4 is 5.32 Å². The molecule has 2 aromatic carbocycles. The highest BCUT2D eigenvalue weighted by molar-refractivity contribution is 6.08. The van der Waals surface area contributed by atoms with E-state index >= 15 is 0 Å². The van der Waals surface area contributed by atoms with Crippen LogP contribution in [-0.2, 0) is 23.9 Å². The van der Waals surface area contributed by atoms with Crippen LogP contribution in [0.3, 0.4) is 0 Å². The van der Waals surface area contributed by atoms with E-state index in [1.165, 1.54) is 13.8 Å². The highest BCUT2D eigenvalue weighted by Gasteiger charge is 2.51. The molecular weight excluding hydrogens is 420 g/mol. The Kier molecular flexibility index (Phi) is 8.47. The first kappa shape index (κ1) is 24.5. The van der Waals surface area contributed by atoms with Gasteiger partial charge in [-0.05, 0) is 30.7 Å². The topological polar surface area (TPSA) is 81.7 Å². The molecule has 6 nitrogen and oxygen atoms in total. The minimum atomic E-state index is -2.50. The molecule has 0 fully saturated rings. The monoisotopic (exact) mass is 443 g/mol. The summed E-state index contributed by atoms with van der Waals surface area (Å²) in [4.78, 5) is 37.1. The van der Waals surface area contributed by atoms with E-state index in [-0.39, 0.29) is 13.2 Å². The minimum absolute atomic E-state index is 0.140. The Morgan fingerprint density at radius 1 is 0.969 bits per heavy atom. The lowest BCUT2D eigenvalue weighted by molar-refractivity contribution is -0.167. The number of esters is 2. The lowest BCUT2D eigenvalue weighted by atomic mass is 9.90. The van der Waals surface area contributed by atoms with Crippen molar-refractivity contribution in [2.75, 3.05) is 13.2 Å². The lowest BCUT2D eigenvalue weighted by Crippen LogP contribution is -2.61.